The number of ether oxygens (including phenoxy) is 1. The summed E-state index contributed by atoms with van der Waals surface area (Å²) >= 11 is 4.62. The first kappa shape index (κ1) is 28.8. The van der Waals surface area contributed by atoms with Gasteiger partial charge in [-0.05, 0) is 68.4 Å². The molecule has 0 saturated heterocycles. The molecule has 40 heavy (non-hydrogen) atoms. The average molecular weight is 626 g/mol. The zero-order valence-corrected chi connectivity index (χ0v) is 24.0. The van der Waals surface area contributed by atoms with E-state index >= 15 is 0 Å². The average Bonchev–Trinajstić information content (AvgIpc) is 3.35. The van der Waals surface area contributed by atoms with E-state index in [0.717, 1.165) is 15.9 Å². The molecule has 0 aliphatic rings. The van der Waals surface area contributed by atoms with Crippen molar-refractivity contribution in [1.29, 1.82) is 0 Å². The second-order valence-corrected chi connectivity index (χ2v) is 10.3. The first-order chi connectivity index (χ1) is 19.2. The van der Waals surface area contributed by atoms with Gasteiger partial charge in [-0.15, -0.1) is 10.2 Å². The Hall–Kier alpha value is -4.23. The van der Waals surface area contributed by atoms with Crippen molar-refractivity contribution >= 4 is 50.9 Å². The van der Waals surface area contributed by atoms with Crippen molar-refractivity contribution in [2.75, 3.05) is 17.7 Å². The summed E-state index contributed by atoms with van der Waals surface area (Å²) in [5.41, 5.74) is 1.87. The standard InChI is InChI=1S/C27H25BrN6O5S/c1-3-39-22-12-8-20(9-13-22)30-25(35)16-40-27-32-31-24(33(27)21-10-6-19(28)7-11-21)15-29-26(36)18-5-4-17(2)23(14-18)34(37)38/h4-14H,3,15-16H2,1-2H3,(H,29,36)(H,30,35). The Morgan fingerprint density at radius 3 is 2.48 bits per heavy atom. The molecule has 3 aromatic carbocycles. The molecule has 0 aliphatic carbocycles. The fourth-order valence-electron chi connectivity index (χ4n) is 3.69. The van der Waals surface area contributed by atoms with Crippen LogP contribution >= 0.6 is 27.7 Å². The second-order valence-electron chi connectivity index (χ2n) is 8.45. The van der Waals surface area contributed by atoms with Crippen LogP contribution < -0.4 is 15.4 Å². The Morgan fingerprint density at radius 1 is 1.07 bits per heavy atom. The zero-order valence-electron chi connectivity index (χ0n) is 21.6. The Morgan fingerprint density at radius 2 is 1.80 bits per heavy atom. The summed E-state index contributed by atoms with van der Waals surface area (Å²) in [4.78, 5) is 36.2. The van der Waals surface area contributed by atoms with E-state index in [1.165, 1.54) is 30.0 Å². The fraction of sp³-hybridized carbons (Fsp3) is 0.185. The van der Waals surface area contributed by atoms with Gasteiger partial charge in [0.1, 0.15) is 5.75 Å². The van der Waals surface area contributed by atoms with Gasteiger partial charge in [-0.1, -0.05) is 33.8 Å². The number of amides is 2. The van der Waals surface area contributed by atoms with Crippen molar-refractivity contribution in [2.24, 2.45) is 0 Å². The number of nitrogens with zero attached hydrogens (tertiary/aromatic N) is 4. The molecule has 4 rings (SSSR count). The van der Waals surface area contributed by atoms with Crippen molar-refractivity contribution in [3.05, 3.63) is 98.3 Å². The van der Waals surface area contributed by atoms with Gasteiger partial charge in [-0.2, -0.15) is 0 Å². The second kappa shape index (κ2) is 13.2. The Labute approximate surface area is 242 Å². The highest BCUT2D eigenvalue weighted by atomic mass is 79.9. The maximum absolute atomic E-state index is 12.8. The molecule has 0 fully saturated rings. The molecule has 1 aromatic heterocycles. The third-order valence-corrected chi connectivity index (χ3v) is 7.10. The highest BCUT2D eigenvalue weighted by molar-refractivity contribution is 9.10. The summed E-state index contributed by atoms with van der Waals surface area (Å²) in [6.45, 7) is 4.07. The van der Waals surface area contributed by atoms with Gasteiger partial charge in [-0.25, -0.2) is 0 Å². The van der Waals surface area contributed by atoms with E-state index in [9.17, 15) is 19.7 Å². The van der Waals surface area contributed by atoms with E-state index in [0.29, 0.717) is 28.8 Å². The number of halogens is 1. The topological polar surface area (TPSA) is 141 Å². The number of aryl methyl sites for hydroxylation is 1. The van der Waals surface area contributed by atoms with Gasteiger partial charge in [0.15, 0.2) is 11.0 Å². The third-order valence-electron chi connectivity index (χ3n) is 5.64. The van der Waals surface area contributed by atoms with Crippen LogP contribution in [0.1, 0.15) is 28.7 Å². The van der Waals surface area contributed by atoms with E-state index < -0.39 is 10.8 Å². The SMILES string of the molecule is CCOc1ccc(NC(=O)CSc2nnc(CNC(=O)c3ccc(C)c([N+](=O)[O-])c3)n2-c2ccc(Br)cc2)cc1. The predicted molar refractivity (Wildman–Crippen MR) is 155 cm³/mol. The van der Waals surface area contributed by atoms with Crippen LogP contribution in [0.5, 0.6) is 5.75 Å². The lowest BCUT2D eigenvalue weighted by atomic mass is 10.1. The Balaban J connectivity index is 1.48. The molecule has 0 unspecified atom stereocenters. The third kappa shape index (κ3) is 7.24. The van der Waals surface area contributed by atoms with Gasteiger partial charge in [-0.3, -0.25) is 24.3 Å². The molecule has 0 radical (unpaired) electrons. The van der Waals surface area contributed by atoms with Crippen molar-refractivity contribution in [2.45, 2.75) is 25.5 Å². The lowest BCUT2D eigenvalue weighted by molar-refractivity contribution is -0.385. The Bertz CT molecular complexity index is 1530. The molecule has 0 spiro atoms. The van der Waals surface area contributed by atoms with Crippen LogP contribution in [0.15, 0.2) is 76.4 Å². The number of thioether (sulfide) groups is 1. The van der Waals surface area contributed by atoms with Crippen molar-refractivity contribution < 1.29 is 19.2 Å². The number of nitro groups is 1. The smallest absolute Gasteiger partial charge is 0.273 e. The number of carbonyl (C=O) groups excluding carboxylic acids is 2. The number of benzene rings is 3. The van der Waals surface area contributed by atoms with Crippen LogP contribution in [-0.2, 0) is 11.3 Å². The summed E-state index contributed by atoms with van der Waals surface area (Å²) in [6, 6.07) is 18.8. The van der Waals surface area contributed by atoms with Crippen LogP contribution in [0, 0.1) is 17.0 Å². The molecule has 4 aromatic rings. The lowest BCUT2D eigenvalue weighted by Gasteiger charge is -2.12. The highest BCUT2D eigenvalue weighted by Gasteiger charge is 2.19. The normalized spacial score (nSPS) is 10.7. The van der Waals surface area contributed by atoms with Crippen LogP contribution in [-0.4, -0.2) is 43.9 Å². The number of anilines is 1. The van der Waals surface area contributed by atoms with Gasteiger partial charge >= 0.3 is 0 Å². The van der Waals surface area contributed by atoms with Gasteiger partial charge in [0.25, 0.3) is 11.6 Å². The first-order valence-electron chi connectivity index (χ1n) is 12.1. The maximum atomic E-state index is 12.8. The number of nitrogens with one attached hydrogen (secondary N) is 2. The monoisotopic (exact) mass is 624 g/mol. The van der Waals surface area contributed by atoms with E-state index in [1.807, 2.05) is 31.2 Å². The number of hydrogen-bond acceptors (Lipinski definition) is 8. The van der Waals surface area contributed by atoms with Gasteiger partial charge in [0, 0.05) is 33.0 Å². The minimum absolute atomic E-state index is 0.00249. The molecule has 0 atom stereocenters. The minimum atomic E-state index is -0.522. The van der Waals surface area contributed by atoms with Crippen molar-refractivity contribution in [3.63, 3.8) is 0 Å². The van der Waals surface area contributed by atoms with E-state index in [1.54, 1.807) is 35.8 Å². The van der Waals surface area contributed by atoms with Gasteiger partial charge in [0.05, 0.1) is 23.8 Å². The summed E-state index contributed by atoms with van der Waals surface area (Å²) < 4.78 is 8.05. The number of carbonyl (C=O) groups is 2. The van der Waals surface area contributed by atoms with Crippen LogP contribution in [0.4, 0.5) is 11.4 Å². The Kier molecular flexibility index (Phi) is 9.51. The molecule has 1 heterocycles. The van der Waals surface area contributed by atoms with Gasteiger partial charge in [0.2, 0.25) is 5.91 Å². The molecule has 11 nitrogen and oxygen atoms in total. The maximum Gasteiger partial charge on any atom is 0.273 e. The van der Waals surface area contributed by atoms with Crippen molar-refractivity contribution in [3.8, 4) is 11.4 Å². The largest absolute Gasteiger partial charge is 0.494 e. The lowest BCUT2D eigenvalue weighted by Crippen LogP contribution is -2.25. The van der Waals surface area contributed by atoms with E-state index in [2.05, 4.69) is 36.8 Å². The molecule has 2 N–H and O–H groups in total. The quantitative estimate of drug-likeness (QED) is 0.130. The van der Waals surface area contributed by atoms with Crippen LogP contribution in [0.25, 0.3) is 5.69 Å². The molecular formula is C27H25BrN6O5S. The fourth-order valence-corrected chi connectivity index (χ4v) is 4.73. The predicted octanol–water partition coefficient (Wildman–Crippen LogP) is 5.31. The molecule has 0 saturated carbocycles. The highest BCUT2D eigenvalue weighted by Crippen LogP contribution is 2.25. The summed E-state index contributed by atoms with van der Waals surface area (Å²) in [6.07, 6.45) is 0. The summed E-state index contributed by atoms with van der Waals surface area (Å²) in [7, 11) is 0. The number of rotatable bonds is 11. The zero-order chi connectivity index (χ0) is 28.6. The minimum Gasteiger partial charge on any atom is -0.494 e. The number of aromatic nitrogens is 3. The van der Waals surface area contributed by atoms with Crippen molar-refractivity contribution in [1.82, 2.24) is 20.1 Å². The molecule has 13 heteroatoms. The molecule has 0 bridgehead atoms. The molecule has 206 valence electrons. The molecule has 2 amide bonds. The summed E-state index contributed by atoms with van der Waals surface area (Å²) in [5, 5.41) is 25.8. The van der Waals surface area contributed by atoms with Gasteiger partial charge < -0.3 is 15.4 Å². The number of hydrogen-bond donors (Lipinski definition) is 2. The van der Waals surface area contributed by atoms with Crippen LogP contribution in [0.3, 0.4) is 0 Å². The van der Waals surface area contributed by atoms with Crippen LogP contribution in [0.2, 0.25) is 0 Å². The first-order valence-corrected chi connectivity index (χ1v) is 13.9. The molecular weight excluding hydrogens is 600 g/mol. The molecule has 0 aliphatic heterocycles. The number of nitro benzene ring substituents is 1. The summed E-state index contributed by atoms with van der Waals surface area (Å²) in [5.74, 6) is 0.499. The van der Waals surface area contributed by atoms with E-state index in [-0.39, 0.29) is 29.5 Å². The van der Waals surface area contributed by atoms with E-state index in [4.69, 9.17) is 4.74 Å².